The minimum absolute atomic E-state index is 0.0257. The minimum Gasteiger partial charge on any atom is -0.393 e. The molecule has 0 bridgehead atoms. The number of rotatable bonds is 4. The molecule has 3 nitrogen and oxygen atoms in total. The molecule has 3 heteroatoms. The number of piperazine rings is 1. The zero-order valence-corrected chi connectivity index (χ0v) is 24.1. The molecule has 2 fully saturated rings. The summed E-state index contributed by atoms with van der Waals surface area (Å²) in [7, 11) is 0. The van der Waals surface area contributed by atoms with Gasteiger partial charge in [-0.05, 0) is 102 Å². The number of para-hydroxylation sites is 1. The van der Waals surface area contributed by atoms with Crippen LogP contribution >= 0.6 is 0 Å². The number of allylic oxidation sites excluding steroid dienone is 4. The topological polar surface area (TPSA) is 26.7 Å². The monoisotopic (exact) mass is 502 g/mol. The zero-order valence-electron chi connectivity index (χ0n) is 24.1. The highest BCUT2D eigenvalue weighted by molar-refractivity contribution is 5.50. The Kier molecular flexibility index (Phi) is 6.43. The van der Waals surface area contributed by atoms with Gasteiger partial charge in [0.1, 0.15) is 0 Å². The SMILES string of the molecule is C[C@@H](CN1CCN(c2ccccc2)CC1)[C@H]1CC=C2C3=C(CC[C@@]21C)[C@@]1(C)CC[C@H](O)C(C)(C)[C@@H]1CC3. The molecule has 6 atom stereocenters. The summed E-state index contributed by atoms with van der Waals surface area (Å²) in [6.07, 6.45) is 11.0. The van der Waals surface area contributed by atoms with E-state index in [0.29, 0.717) is 11.3 Å². The maximum Gasteiger partial charge on any atom is 0.0594 e. The number of anilines is 1. The van der Waals surface area contributed by atoms with Crippen LogP contribution in [0.15, 0.2) is 53.1 Å². The fourth-order valence-electron chi connectivity index (χ4n) is 9.94. The molecule has 6 rings (SSSR count). The van der Waals surface area contributed by atoms with Crippen LogP contribution in [0.25, 0.3) is 0 Å². The number of hydrogen-bond acceptors (Lipinski definition) is 3. The average molecular weight is 503 g/mol. The van der Waals surface area contributed by atoms with Gasteiger partial charge < -0.3 is 10.0 Å². The standard InChI is InChI=1S/C34H50N2O/c1-24(23-35-19-21-36(22-20-35)25-9-7-6-8-10-25)27-12-13-28-26-11-14-30-32(2,3)31(37)16-18-34(30,5)29(26)15-17-33(27,28)4/h6-10,13,24,27,30-31,37H,11-12,14-23H2,1-5H3/t24-,27+,30-,31-,33+,34+/m0/s1. The van der Waals surface area contributed by atoms with Crippen LogP contribution < -0.4 is 4.90 Å². The van der Waals surface area contributed by atoms with Crippen molar-refractivity contribution < 1.29 is 5.11 Å². The molecular weight excluding hydrogens is 452 g/mol. The highest BCUT2D eigenvalue weighted by Crippen LogP contribution is 2.66. The first-order valence-corrected chi connectivity index (χ1v) is 15.3. The van der Waals surface area contributed by atoms with Crippen LogP contribution in [0.1, 0.15) is 79.6 Å². The summed E-state index contributed by atoms with van der Waals surface area (Å²) in [6, 6.07) is 10.9. The van der Waals surface area contributed by atoms with Gasteiger partial charge in [0.05, 0.1) is 6.10 Å². The van der Waals surface area contributed by atoms with Gasteiger partial charge in [0.2, 0.25) is 0 Å². The number of aliphatic hydroxyl groups is 1. The van der Waals surface area contributed by atoms with E-state index in [-0.39, 0.29) is 16.9 Å². The highest BCUT2D eigenvalue weighted by atomic mass is 16.3. The summed E-state index contributed by atoms with van der Waals surface area (Å²) in [5.41, 5.74) is 7.31. The zero-order chi connectivity index (χ0) is 26.0. The third-order valence-corrected chi connectivity index (χ3v) is 12.2. The van der Waals surface area contributed by atoms with E-state index in [1.807, 2.05) is 0 Å². The summed E-state index contributed by atoms with van der Waals surface area (Å²) in [5, 5.41) is 10.8. The van der Waals surface area contributed by atoms with E-state index in [0.717, 1.165) is 31.3 Å². The molecule has 1 saturated heterocycles. The predicted molar refractivity (Wildman–Crippen MR) is 155 cm³/mol. The van der Waals surface area contributed by atoms with Gasteiger partial charge in [-0.15, -0.1) is 0 Å². The maximum atomic E-state index is 10.8. The summed E-state index contributed by atoms with van der Waals surface area (Å²) in [6.45, 7) is 18.3. The second-order valence-corrected chi connectivity index (χ2v) is 14.3. The van der Waals surface area contributed by atoms with Crippen LogP contribution in [0.3, 0.4) is 0 Å². The molecule has 1 saturated carbocycles. The Morgan fingerprint density at radius 1 is 0.919 bits per heavy atom. The normalized spacial score (nSPS) is 38.5. The lowest BCUT2D eigenvalue weighted by molar-refractivity contribution is -0.0905. The Morgan fingerprint density at radius 3 is 2.38 bits per heavy atom. The molecule has 1 N–H and O–H groups in total. The number of hydrogen-bond donors (Lipinski definition) is 1. The first kappa shape index (κ1) is 25.7. The van der Waals surface area contributed by atoms with E-state index in [1.54, 1.807) is 16.7 Å². The second kappa shape index (κ2) is 9.26. The van der Waals surface area contributed by atoms with Gasteiger partial charge in [-0.3, -0.25) is 4.90 Å². The Labute approximate surface area is 226 Å². The first-order chi connectivity index (χ1) is 17.6. The molecule has 37 heavy (non-hydrogen) atoms. The molecule has 1 heterocycles. The fourth-order valence-corrected chi connectivity index (χ4v) is 9.94. The largest absolute Gasteiger partial charge is 0.393 e. The maximum absolute atomic E-state index is 10.8. The molecule has 0 unspecified atom stereocenters. The molecule has 5 aliphatic rings. The lowest BCUT2D eigenvalue weighted by Crippen LogP contribution is -2.53. The van der Waals surface area contributed by atoms with E-state index in [2.05, 4.69) is 80.8 Å². The van der Waals surface area contributed by atoms with Crippen LogP contribution in [0, 0.1) is 34.0 Å². The second-order valence-electron chi connectivity index (χ2n) is 14.3. The number of benzene rings is 1. The van der Waals surface area contributed by atoms with Crippen LogP contribution in [0.4, 0.5) is 5.69 Å². The molecular formula is C34H50N2O. The Morgan fingerprint density at radius 2 is 1.65 bits per heavy atom. The molecule has 0 amide bonds. The summed E-state index contributed by atoms with van der Waals surface area (Å²) in [5.74, 6) is 2.09. The lowest BCUT2D eigenvalue weighted by Gasteiger charge is -2.59. The van der Waals surface area contributed by atoms with Crippen molar-refractivity contribution in [2.45, 2.75) is 85.7 Å². The van der Waals surface area contributed by atoms with Gasteiger partial charge in [-0.2, -0.15) is 0 Å². The lowest BCUT2D eigenvalue weighted by atomic mass is 9.46. The number of fused-ring (bicyclic) bond motifs is 4. The van der Waals surface area contributed by atoms with Crippen molar-refractivity contribution in [3.8, 4) is 0 Å². The number of nitrogens with zero attached hydrogens (tertiary/aromatic N) is 2. The van der Waals surface area contributed by atoms with Crippen molar-refractivity contribution in [2.24, 2.45) is 34.0 Å². The summed E-state index contributed by atoms with van der Waals surface area (Å²) >= 11 is 0. The fraction of sp³-hybridized carbons (Fsp3) is 0.706. The summed E-state index contributed by atoms with van der Waals surface area (Å²) in [4.78, 5) is 5.29. The van der Waals surface area contributed by atoms with Gasteiger partial charge in [0, 0.05) is 38.4 Å². The van der Waals surface area contributed by atoms with Gasteiger partial charge >= 0.3 is 0 Å². The molecule has 4 aliphatic carbocycles. The van der Waals surface area contributed by atoms with Gasteiger partial charge in [-0.25, -0.2) is 0 Å². The van der Waals surface area contributed by atoms with Crippen LogP contribution in [-0.4, -0.2) is 48.8 Å². The van der Waals surface area contributed by atoms with Gasteiger partial charge in [-0.1, -0.05) is 64.5 Å². The Bertz CT molecular complexity index is 1060. The third kappa shape index (κ3) is 4.06. The van der Waals surface area contributed by atoms with Gasteiger partial charge in [0.25, 0.3) is 0 Å². The predicted octanol–water partition coefficient (Wildman–Crippen LogP) is 7.08. The van der Waals surface area contributed by atoms with Crippen molar-refractivity contribution in [1.82, 2.24) is 4.90 Å². The van der Waals surface area contributed by atoms with E-state index < -0.39 is 0 Å². The molecule has 1 aliphatic heterocycles. The molecule has 0 spiro atoms. The van der Waals surface area contributed by atoms with E-state index in [4.69, 9.17) is 0 Å². The van der Waals surface area contributed by atoms with Crippen molar-refractivity contribution in [2.75, 3.05) is 37.6 Å². The smallest absolute Gasteiger partial charge is 0.0594 e. The molecule has 1 aromatic rings. The van der Waals surface area contributed by atoms with E-state index in [9.17, 15) is 5.11 Å². The molecule has 0 aromatic heterocycles. The van der Waals surface area contributed by atoms with Crippen molar-refractivity contribution >= 4 is 5.69 Å². The van der Waals surface area contributed by atoms with Crippen LogP contribution in [0.2, 0.25) is 0 Å². The van der Waals surface area contributed by atoms with Crippen molar-refractivity contribution in [1.29, 1.82) is 0 Å². The van der Waals surface area contributed by atoms with Crippen LogP contribution in [-0.2, 0) is 0 Å². The summed E-state index contributed by atoms with van der Waals surface area (Å²) < 4.78 is 0. The third-order valence-electron chi connectivity index (χ3n) is 12.2. The Balaban J connectivity index is 1.15. The molecule has 1 aromatic carbocycles. The molecule has 202 valence electrons. The van der Waals surface area contributed by atoms with E-state index >= 15 is 0 Å². The number of aliphatic hydroxyl groups excluding tert-OH is 1. The van der Waals surface area contributed by atoms with Crippen molar-refractivity contribution in [3.05, 3.63) is 53.1 Å². The average Bonchev–Trinajstić information content (AvgIpc) is 3.25. The van der Waals surface area contributed by atoms with E-state index in [1.165, 1.54) is 63.8 Å². The first-order valence-electron chi connectivity index (χ1n) is 15.3. The highest BCUT2D eigenvalue weighted by Gasteiger charge is 2.57. The van der Waals surface area contributed by atoms with Crippen LogP contribution in [0.5, 0.6) is 0 Å². The minimum atomic E-state index is -0.146. The Hall–Kier alpha value is -1.58. The quantitative estimate of drug-likeness (QED) is 0.476. The van der Waals surface area contributed by atoms with Gasteiger partial charge in [0.15, 0.2) is 0 Å². The molecule has 0 radical (unpaired) electrons. The van der Waals surface area contributed by atoms with Crippen molar-refractivity contribution in [3.63, 3.8) is 0 Å².